The summed E-state index contributed by atoms with van der Waals surface area (Å²) in [6.07, 6.45) is 1.53. The van der Waals surface area contributed by atoms with Crippen molar-refractivity contribution >= 4 is 33.5 Å². The number of ether oxygens (including phenoxy) is 1. The predicted molar refractivity (Wildman–Crippen MR) is 109 cm³/mol. The maximum atomic E-state index is 12.4. The average molecular weight is 427 g/mol. The number of benzene rings is 2. The molecule has 0 radical (unpaired) electrons. The minimum atomic E-state index is -0.242. The fourth-order valence-electron chi connectivity index (χ4n) is 2.47. The van der Waals surface area contributed by atoms with Crippen molar-refractivity contribution in [3.63, 3.8) is 0 Å². The second kappa shape index (κ2) is 8.64. The van der Waals surface area contributed by atoms with Crippen LogP contribution in [0.1, 0.15) is 21.6 Å². The molecule has 1 aromatic heterocycles. The molecule has 0 saturated carbocycles. The van der Waals surface area contributed by atoms with Gasteiger partial charge in [0.25, 0.3) is 5.91 Å². The number of aromatic nitrogens is 2. The Labute approximate surface area is 166 Å². The van der Waals surface area contributed by atoms with Gasteiger partial charge >= 0.3 is 0 Å². The van der Waals surface area contributed by atoms with Crippen LogP contribution in [0.2, 0.25) is 0 Å². The summed E-state index contributed by atoms with van der Waals surface area (Å²) in [7, 11) is 1.64. The Balaban J connectivity index is 1.65. The Kier molecular flexibility index (Phi) is 6.03. The number of halogens is 1. The summed E-state index contributed by atoms with van der Waals surface area (Å²) in [5.41, 5.74) is 2.80. The summed E-state index contributed by atoms with van der Waals surface area (Å²) < 4.78 is 6.17. The van der Waals surface area contributed by atoms with Gasteiger partial charge in [-0.2, -0.15) is 0 Å². The van der Waals surface area contributed by atoms with Crippen LogP contribution in [0.4, 0.5) is 11.6 Å². The molecular weight excluding hydrogens is 408 g/mol. The Morgan fingerprint density at radius 2 is 1.96 bits per heavy atom. The largest absolute Gasteiger partial charge is 0.497 e. The lowest BCUT2D eigenvalue weighted by Gasteiger charge is -2.10. The van der Waals surface area contributed by atoms with Gasteiger partial charge in [-0.25, -0.2) is 9.97 Å². The van der Waals surface area contributed by atoms with Crippen molar-refractivity contribution in [2.75, 3.05) is 17.7 Å². The summed E-state index contributed by atoms with van der Waals surface area (Å²) in [5.74, 6) is 1.02. The minimum Gasteiger partial charge on any atom is -0.497 e. The first-order valence-corrected chi connectivity index (χ1v) is 9.12. The zero-order valence-corrected chi connectivity index (χ0v) is 16.6. The molecular formula is C20H19BrN4O2. The van der Waals surface area contributed by atoms with E-state index in [4.69, 9.17) is 4.74 Å². The number of hydrogen-bond acceptors (Lipinski definition) is 5. The molecule has 7 heteroatoms. The summed E-state index contributed by atoms with van der Waals surface area (Å²) in [5, 5.41) is 6.00. The lowest BCUT2D eigenvalue weighted by Crippen LogP contribution is -2.15. The van der Waals surface area contributed by atoms with Gasteiger partial charge in [-0.05, 0) is 48.9 Å². The third-order valence-corrected chi connectivity index (χ3v) is 4.44. The maximum absolute atomic E-state index is 12.4. The van der Waals surface area contributed by atoms with Gasteiger partial charge in [0.05, 0.1) is 18.4 Å². The smallest absolute Gasteiger partial charge is 0.259 e. The average Bonchev–Trinajstić information content (AvgIpc) is 2.68. The first-order valence-electron chi connectivity index (χ1n) is 8.32. The van der Waals surface area contributed by atoms with Gasteiger partial charge in [0.2, 0.25) is 5.95 Å². The molecule has 0 aliphatic carbocycles. The Hall–Kier alpha value is -2.93. The molecule has 27 heavy (non-hydrogen) atoms. The third kappa shape index (κ3) is 5.04. The van der Waals surface area contributed by atoms with E-state index in [0.717, 1.165) is 15.8 Å². The molecule has 0 atom stereocenters. The molecule has 0 saturated heterocycles. The summed E-state index contributed by atoms with van der Waals surface area (Å²) in [6, 6.07) is 15.1. The van der Waals surface area contributed by atoms with E-state index in [9.17, 15) is 4.79 Å². The van der Waals surface area contributed by atoms with E-state index in [2.05, 4.69) is 36.5 Å². The number of carbonyl (C=O) groups excluding carboxylic acids is 1. The van der Waals surface area contributed by atoms with Crippen LogP contribution in [-0.4, -0.2) is 23.0 Å². The zero-order valence-electron chi connectivity index (χ0n) is 15.0. The van der Waals surface area contributed by atoms with Crippen LogP contribution in [0.15, 0.2) is 59.2 Å². The third-order valence-electron chi connectivity index (χ3n) is 3.91. The molecule has 3 aromatic rings. The molecule has 2 N–H and O–H groups in total. The van der Waals surface area contributed by atoms with Crippen molar-refractivity contribution in [2.24, 2.45) is 0 Å². The van der Waals surface area contributed by atoms with Crippen LogP contribution < -0.4 is 15.4 Å². The van der Waals surface area contributed by atoms with E-state index < -0.39 is 0 Å². The van der Waals surface area contributed by atoms with E-state index >= 15 is 0 Å². The van der Waals surface area contributed by atoms with Gasteiger partial charge in [-0.3, -0.25) is 4.79 Å². The first-order chi connectivity index (χ1) is 13.0. The fraction of sp³-hybridized carbons (Fsp3) is 0.150. The highest BCUT2D eigenvalue weighted by Gasteiger charge is 2.12. The van der Waals surface area contributed by atoms with Crippen LogP contribution in [0.5, 0.6) is 5.75 Å². The number of nitrogens with one attached hydrogen (secondary N) is 2. The number of rotatable bonds is 6. The number of methoxy groups -OCH3 is 1. The number of aryl methyl sites for hydroxylation is 1. The molecule has 1 amide bonds. The molecule has 0 fully saturated rings. The SMILES string of the molecule is COc1cccc(CNc2ncc(C(=O)Nc3ccc(Br)cc3)c(C)n2)c1. The molecule has 0 aliphatic heterocycles. The molecule has 0 spiro atoms. The van der Waals surface area contributed by atoms with Crippen LogP contribution >= 0.6 is 15.9 Å². The molecule has 0 bridgehead atoms. The number of amides is 1. The number of hydrogen-bond donors (Lipinski definition) is 2. The van der Waals surface area contributed by atoms with E-state index in [0.29, 0.717) is 29.4 Å². The summed E-state index contributed by atoms with van der Waals surface area (Å²) >= 11 is 3.37. The van der Waals surface area contributed by atoms with E-state index in [-0.39, 0.29) is 5.91 Å². The number of carbonyl (C=O) groups is 1. The van der Waals surface area contributed by atoms with Gasteiger partial charge in [0.1, 0.15) is 5.75 Å². The second-order valence-corrected chi connectivity index (χ2v) is 6.77. The Morgan fingerprint density at radius 1 is 1.19 bits per heavy atom. The highest BCUT2D eigenvalue weighted by molar-refractivity contribution is 9.10. The Morgan fingerprint density at radius 3 is 2.67 bits per heavy atom. The molecule has 6 nitrogen and oxygen atoms in total. The number of anilines is 2. The van der Waals surface area contributed by atoms with Gasteiger partial charge in [0.15, 0.2) is 0 Å². The van der Waals surface area contributed by atoms with Crippen molar-refractivity contribution in [3.8, 4) is 5.75 Å². The first kappa shape index (κ1) is 18.8. The van der Waals surface area contributed by atoms with Crippen molar-refractivity contribution < 1.29 is 9.53 Å². The predicted octanol–water partition coefficient (Wildman–Crippen LogP) is 4.42. The number of nitrogens with zero attached hydrogens (tertiary/aromatic N) is 2. The molecule has 0 aliphatic rings. The normalized spacial score (nSPS) is 10.3. The monoisotopic (exact) mass is 426 g/mol. The van der Waals surface area contributed by atoms with E-state index in [1.807, 2.05) is 48.5 Å². The molecule has 3 rings (SSSR count). The van der Waals surface area contributed by atoms with Crippen molar-refractivity contribution in [2.45, 2.75) is 13.5 Å². The summed E-state index contributed by atoms with van der Waals surface area (Å²) in [6.45, 7) is 2.34. The molecule has 138 valence electrons. The van der Waals surface area contributed by atoms with Gasteiger partial charge in [0, 0.05) is 22.9 Å². The molecule has 1 heterocycles. The maximum Gasteiger partial charge on any atom is 0.259 e. The highest BCUT2D eigenvalue weighted by Crippen LogP contribution is 2.17. The van der Waals surface area contributed by atoms with Crippen molar-refractivity contribution in [1.82, 2.24) is 9.97 Å². The van der Waals surface area contributed by atoms with Crippen LogP contribution in [0.25, 0.3) is 0 Å². The van der Waals surface area contributed by atoms with Crippen molar-refractivity contribution in [3.05, 3.63) is 76.0 Å². The quantitative estimate of drug-likeness (QED) is 0.609. The Bertz CT molecular complexity index is 945. The molecule has 0 unspecified atom stereocenters. The minimum absolute atomic E-state index is 0.242. The lowest BCUT2D eigenvalue weighted by atomic mass is 10.2. The zero-order chi connectivity index (χ0) is 19.2. The highest BCUT2D eigenvalue weighted by atomic mass is 79.9. The topological polar surface area (TPSA) is 76.1 Å². The fourth-order valence-corrected chi connectivity index (χ4v) is 2.73. The standard InChI is InChI=1S/C20H19BrN4O2/c1-13-18(19(26)25-16-8-6-15(21)7-9-16)12-23-20(24-13)22-11-14-4-3-5-17(10-14)27-2/h3-10,12H,11H2,1-2H3,(H,25,26)(H,22,23,24). The van der Waals surface area contributed by atoms with Crippen LogP contribution in [-0.2, 0) is 6.54 Å². The van der Waals surface area contributed by atoms with E-state index in [1.165, 1.54) is 6.20 Å². The molecule has 2 aromatic carbocycles. The van der Waals surface area contributed by atoms with E-state index in [1.54, 1.807) is 14.0 Å². The summed E-state index contributed by atoms with van der Waals surface area (Å²) in [4.78, 5) is 21.1. The van der Waals surface area contributed by atoms with Gasteiger partial charge in [-0.1, -0.05) is 28.1 Å². The lowest BCUT2D eigenvalue weighted by molar-refractivity contribution is 0.102. The van der Waals surface area contributed by atoms with Crippen molar-refractivity contribution in [1.29, 1.82) is 0 Å². The second-order valence-electron chi connectivity index (χ2n) is 5.86. The van der Waals surface area contributed by atoms with Crippen LogP contribution in [0, 0.1) is 6.92 Å². The van der Waals surface area contributed by atoms with Crippen LogP contribution in [0.3, 0.4) is 0 Å². The van der Waals surface area contributed by atoms with Gasteiger partial charge in [-0.15, -0.1) is 0 Å². The van der Waals surface area contributed by atoms with Gasteiger partial charge < -0.3 is 15.4 Å².